The summed E-state index contributed by atoms with van der Waals surface area (Å²) in [5.41, 5.74) is 3.27. The fraction of sp³-hybridized carbons (Fsp3) is 0.211. The number of fused-ring (bicyclic) bond motifs is 1. The first kappa shape index (κ1) is 16.9. The van der Waals surface area contributed by atoms with Gasteiger partial charge in [0.15, 0.2) is 0 Å². The van der Waals surface area contributed by atoms with Crippen molar-refractivity contribution in [2.24, 2.45) is 10.9 Å². The highest BCUT2D eigenvalue weighted by molar-refractivity contribution is 6.38. The minimum atomic E-state index is 0.0865. The van der Waals surface area contributed by atoms with E-state index in [9.17, 15) is 0 Å². The summed E-state index contributed by atoms with van der Waals surface area (Å²) in [4.78, 5) is 4.82. The van der Waals surface area contributed by atoms with Gasteiger partial charge in [0.25, 0.3) is 0 Å². The zero-order valence-electron chi connectivity index (χ0n) is 13.4. The van der Waals surface area contributed by atoms with Crippen LogP contribution in [-0.2, 0) is 0 Å². The SMILES string of the molecule is COc1ccc2occ(N=C(c3ccccc3)C(C)CCl)c2c1Cl. The van der Waals surface area contributed by atoms with Gasteiger partial charge in [-0.25, -0.2) is 4.99 Å². The average molecular weight is 362 g/mol. The summed E-state index contributed by atoms with van der Waals surface area (Å²) in [5.74, 6) is 1.15. The molecule has 5 heteroatoms. The van der Waals surface area contributed by atoms with Crippen LogP contribution in [0.5, 0.6) is 5.75 Å². The quantitative estimate of drug-likeness (QED) is 0.407. The van der Waals surface area contributed by atoms with Crippen molar-refractivity contribution in [3.05, 3.63) is 59.3 Å². The fourth-order valence-electron chi connectivity index (χ4n) is 2.57. The van der Waals surface area contributed by atoms with Gasteiger partial charge in [-0.2, -0.15) is 0 Å². The molecule has 124 valence electrons. The Morgan fingerprint density at radius 1 is 1.21 bits per heavy atom. The summed E-state index contributed by atoms with van der Waals surface area (Å²) in [6, 6.07) is 13.6. The molecule has 3 aromatic rings. The molecule has 1 aromatic heterocycles. The van der Waals surface area contributed by atoms with E-state index in [1.54, 1.807) is 19.4 Å². The van der Waals surface area contributed by atoms with Crippen LogP contribution in [0.15, 0.2) is 58.1 Å². The van der Waals surface area contributed by atoms with Crippen LogP contribution in [0.25, 0.3) is 11.0 Å². The van der Waals surface area contributed by atoms with Gasteiger partial charge in [0.05, 0.1) is 23.2 Å². The lowest BCUT2D eigenvalue weighted by Gasteiger charge is -2.12. The van der Waals surface area contributed by atoms with Crippen molar-refractivity contribution in [1.82, 2.24) is 0 Å². The minimum absolute atomic E-state index is 0.0865. The summed E-state index contributed by atoms with van der Waals surface area (Å²) in [6.07, 6.45) is 1.61. The second-order valence-electron chi connectivity index (χ2n) is 5.49. The van der Waals surface area contributed by atoms with E-state index in [-0.39, 0.29) is 5.92 Å². The van der Waals surface area contributed by atoms with Gasteiger partial charge >= 0.3 is 0 Å². The predicted molar refractivity (Wildman–Crippen MR) is 100 cm³/mol. The fourth-order valence-corrected chi connectivity index (χ4v) is 3.04. The number of methoxy groups -OCH3 is 1. The van der Waals surface area contributed by atoms with Crippen LogP contribution in [0, 0.1) is 5.92 Å². The molecule has 0 saturated heterocycles. The van der Waals surface area contributed by atoms with Gasteiger partial charge < -0.3 is 9.15 Å². The molecule has 3 rings (SSSR count). The van der Waals surface area contributed by atoms with E-state index in [0.717, 1.165) is 16.7 Å². The largest absolute Gasteiger partial charge is 0.495 e. The van der Waals surface area contributed by atoms with Gasteiger partial charge in [-0.05, 0) is 17.7 Å². The number of hydrogen-bond donors (Lipinski definition) is 0. The molecule has 0 aliphatic carbocycles. The zero-order valence-corrected chi connectivity index (χ0v) is 14.9. The average Bonchev–Trinajstić information content (AvgIpc) is 3.04. The summed E-state index contributed by atoms with van der Waals surface area (Å²) in [7, 11) is 1.58. The monoisotopic (exact) mass is 361 g/mol. The molecule has 0 N–H and O–H groups in total. The van der Waals surface area contributed by atoms with Crippen LogP contribution < -0.4 is 4.74 Å². The Bertz CT molecular complexity index is 872. The first-order valence-corrected chi connectivity index (χ1v) is 8.50. The maximum absolute atomic E-state index is 6.45. The number of ether oxygens (including phenoxy) is 1. The molecule has 3 nitrogen and oxygen atoms in total. The van der Waals surface area contributed by atoms with Gasteiger partial charge in [0.1, 0.15) is 23.3 Å². The van der Waals surface area contributed by atoms with E-state index in [1.807, 2.05) is 43.3 Å². The molecule has 1 unspecified atom stereocenters. The molecule has 0 amide bonds. The van der Waals surface area contributed by atoms with Crippen molar-refractivity contribution in [2.75, 3.05) is 13.0 Å². The maximum Gasteiger partial charge on any atom is 0.138 e. The number of benzene rings is 2. The highest BCUT2D eigenvalue weighted by Gasteiger charge is 2.17. The Balaban J connectivity index is 2.19. The van der Waals surface area contributed by atoms with Gasteiger partial charge in [0, 0.05) is 11.8 Å². The Labute approximate surface area is 150 Å². The van der Waals surface area contributed by atoms with Gasteiger partial charge in [-0.15, -0.1) is 11.6 Å². The molecule has 0 fully saturated rings. The maximum atomic E-state index is 6.45. The number of furan rings is 1. The van der Waals surface area contributed by atoms with E-state index >= 15 is 0 Å². The summed E-state index contributed by atoms with van der Waals surface area (Å²) >= 11 is 12.5. The lowest BCUT2D eigenvalue weighted by atomic mass is 9.99. The van der Waals surface area contributed by atoms with Gasteiger partial charge in [-0.3, -0.25) is 0 Å². The van der Waals surface area contributed by atoms with Crippen LogP contribution in [0.4, 0.5) is 5.69 Å². The Hall–Kier alpha value is -1.97. The third-order valence-electron chi connectivity index (χ3n) is 3.85. The van der Waals surface area contributed by atoms with E-state index in [2.05, 4.69) is 0 Å². The normalized spacial score (nSPS) is 13.2. The summed E-state index contributed by atoms with van der Waals surface area (Å²) in [5, 5.41) is 1.24. The predicted octanol–water partition coefficient (Wildman–Crippen LogP) is 6.09. The van der Waals surface area contributed by atoms with Crippen LogP contribution in [0.2, 0.25) is 5.02 Å². The molecule has 2 aromatic carbocycles. The van der Waals surface area contributed by atoms with Crippen LogP contribution in [0.1, 0.15) is 12.5 Å². The van der Waals surface area contributed by atoms with Crippen molar-refractivity contribution >= 4 is 45.6 Å². The van der Waals surface area contributed by atoms with Crippen molar-refractivity contribution in [3.63, 3.8) is 0 Å². The third-order valence-corrected chi connectivity index (χ3v) is 4.69. The number of halogens is 2. The molecular weight excluding hydrogens is 345 g/mol. The number of alkyl halides is 1. The Morgan fingerprint density at radius 2 is 1.96 bits per heavy atom. The molecule has 0 aliphatic rings. The first-order chi connectivity index (χ1) is 11.7. The molecule has 0 spiro atoms. The molecule has 1 atom stereocenters. The smallest absolute Gasteiger partial charge is 0.138 e. The molecule has 0 aliphatic heterocycles. The Morgan fingerprint density at radius 3 is 2.62 bits per heavy atom. The molecule has 1 heterocycles. The molecule has 0 saturated carbocycles. The third kappa shape index (κ3) is 3.14. The molecular formula is C19H17Cl2NO2. The number of rotatable bonds is 5. The highest BCUT2D eigenvalue weighted by atomic mass is 35.5. The topological polar surface area (TPSA) is 34.7 Å². The van der Waals surface area contributed by atoms with Crippen molar-refractivity contribution in [1.29, 1.82) is 0 Å². The van der Waals surface area contributed by atoms with E-state index < -0.39 is 0 Å². The van der Waals surface area contributed by atoms with E-state index in [0.29, 0.717) is 27.9 Å². The van der Waals surface area contributed by atoms with Crippen molar-refractivity contribution < 1.29 is 9.15 Å². The standard InChI is InChI=1S/C19H17Cl2NO2/c1-12(10-20)19(13-6-4-3-5-7-13)22-14-11-24-15-8-9-16(23-2)18(21)17(14)15/h3-9,11-12H,10H2,1-2H3. The first-order valence-electron chi connectivity index (χ1n) is 7.59. The van der Waals surface area contributed by atoms with Crippen molar-refractivity contribution in [2.45, 2.75) is 6.92 Å². The van der Waals surface area contributed by atoms with Crippen LogP contribution >= 0.6 is 23.2 Å². The lowest BCUT2D eigenvalue weighted by molar-refractivity contribution is 0.415. The van der Waals surface area contributed by atoms with Gasteiger partial charge in [-0.1, -0.05) is 48.9 Å². The van der Waals surface area contributed by atoms with E-state index in [4.69, 9.17) is 37.3 Å². The van der Waals surface area contributed by atoms with Gasteiger partial charge in [0.2, 0.25) is 0 Å². The number of nitrogens with zero attached hydrogens (tertiary/aromatic N) is 1. The molecule has 0 bridgehead atoms. The molecule has 24 heavy (non-hydrogen) atoms. The zero-order chi connectivity index (χ0) is 17.1. The highest BCUT2D eigenvalue weighted by Crippen LogP contribution is 2.40. The number of hydrogen-bond acceptors (Lipinski definition) is 3. The number of aliphatic imine (C=N–C) groups is 1. The van der Waals surface area contributed by atoms with Crippen LogP contribution in [0.3, 0.4) is 0 Å². The second kappa shape index (κ2) is 7.29. The minimum Gasteiger partial charge on any atom is -0.495 e. The molecule has 0 radical (unpaired) electrons. The van der Waals surface area contributed by atoms with E-state index in [1.165, 1.54) is 0 Å². The lowest BCUT2D eigenvalue weighted by Crippen LogP contribution is -2.13. The van der Waals surface area contributed by atoms with Crippen LogP contribution in [-0.4, -0.2) is 18.7 Å². The summed E-state index contributed by atoms with van der Waals surface area (Å²) < 4.78 is 10.9. The Kier molecular flexibility index (Phi) is 5.12. The summed E-state index contributed by atoms with van der Waals surface area (Å²) in [6.45, 7) is 2.04. The second-order valence-corrected chi connectivity index (χ2v) is 6.18. The van der Waals surface area contributed by atoms with Crippen molar-refractivity contribution in [3.8, 4) is 5.75 Å².